The topological polar surface area (TPSA) is 0 Å². The van der Waals surface area contributed by atoms with Crippen LogP contribution in [0.1, 0.15) is 104 Å². The quantitative estimate of drug-likeness (QED) is 0.142. The van der Waals surface area contributed by atoms with Crippen molar-refractivity contribution in [2.75, 3.05) is 0 Å². The van der Waals surface area contributed by atoms with Crippen LogP contribution >= 0.6 is 0 Å². The minimum Gasteiger partial charge on any atom is -0.0885 e. The summed E-state index contributed by atoms with van der Waals surface area (Å²) in [6.45, 7) is 4.43. The standard InChI is InChI=1S/C24H42/c1-3-5-7-9-11-13-15-17-19-21-23-24-22-20-18-16-14-12-10-8-6-4-2/h5,7,9,11-15H,3-4,6,8,10,16-24H2,1-2H3/b7-5+,11-9+,14-12+,15-13+. The summed E-state index contributed by atoms with van der Waals surface area (Å²) < 4.78 is 0. The summed E-state index contributed by atoms with van der Waals surface area (Å²) in [6.07, 6.45) is 36.6. The van der Waals surface area contributed by atoms with Gasteiger partial charge in [0.25, 0.3) is 0 Å². The van der Waals surface area contributed by atoms with E-state index in [0.717, 1.165) is 6.42 Å². The highest BCUT2D eigenvalue weighted by Gasteiger charge is 1.91. The summed E-state index contributed by atoms with van der Waals surface area (Å²) in [5.41, 5.74) is 0. The summed E-state index contributed by atoms with van der Waals surface area (Å²) in [5.74, 6) is 0. The van der Waals surface area contributed by atoms with Crippen LogP contribution in [0.2, 0.25) is 0 Å². The van der Waals surface area contributed by atoms with Gasteiger partial charge in [0.15, 0.2) is 0 Å². The Kier molecular flexibility index (Phi) is 21.0. The predicted molar refractivity (Wildman–Crippen MR) is 113 cm³/mol. The van der Waals surface area contributed by atoms with Crippen molar-refractivity contribution in [3.8, 4) is 0 Å². The van der Waals surface area contributed by atoms with Gasteiger partial charge in [-0.15, -0.1) is 0 Å². The van der Waals surface area contributed by atoms with E-state index in [2.05, 4.69) is 62.5 Å². The van der Waals surface area contributed by atoms with Crippen LogP contribution in [0.3, 0.4) is 0 Å². The number of hydrogen-bond donors (Lipinski definition) is 0. The van der Waals surface area contributed by atoms with Crippen LogP contribution < -0.4 is 0 Å². The lowest BCUT2D eigenvalue weighted by Crippen LogP contribution is -1.80. The van der Waals surface area contributed by atoms with E-state index >= 15 is 0 Å². The van der Waals surface area contributed by atoms with Gasteiger partial charge in [-0.2, -0.15) is 0 Å². The second-order valence-electron chi connectivity index (χ2n) is 6.67. The molecule has 24 heavy (non-hydrogen) atoms. The molecule has 0 spiro atoms. The molecule has 0 aliphatic carbocycles. The van der Waals surface area contributed by atoms with Crippen LogP contribution in [0.15, 0.2) is 48.6 Å². The van der Waals surface area contributed by atoms with Crippen molar-refractivity contribution in [2.24, 2.45) is 0 Å². The average molecular weight is 331 g/mol. The summed E-state index contributed by atoms with van der Waals surface area (Å²) in [4.78, 5) is 0. The van der Waals surface area contributed by atoms with Crippen LogP contribution in [0.5, 0.6) is 0 Å². The molecular weight excluding hydrogens is 288 g/mol. The van der Waals surface area contributed by atoms with Crippen LogP contribution in [0.4, 0.5) is 0 Å². The van der Waals surface area contributed by atoms with Crippen molar-refractivity contribution >= 4 is 0 Å². The van der Waals surface area contributed by atoms with E-state index < -0.39 is 0 Å². The van der Waals surface area contributed by atoms with Gasteiger partial charge >= 0.3 is 0 Å². The van der Waals surface area contributed by atoms with E-state index in [0.29, 0.717) is 0 Å². The van der Waals surface area contributed by atoms with Crippen molar-refractivity contribution in [3.05, 3.63) is 48.6 Å². The van der Waals surface area contributed by atoms with Crippen molar-refractivity contribution in [2.45, 2.75) is 104 Å². The Bertz CT molecular complexity index is 330. The first kappa shape index (κ1) is 23.0. The molecule has 0 saturated heterocycles. The third-order valence-corrected chi connectivity index (χ3v) is 4.22. The zero-order chi connectivity index (χ0) is 17.6. The maximum Gasteiger partial charge on any atom is -0.0348 e. The Morgan fingerprint density at radius 3 is 1.42 bits per heavy atom. The van der Waals surface area contributed by atoms with Crippen molar-refractivity contribution in [3.63, 3.8) is 0 Å². The SMILES string of the molecule is CC/C=C/C=C/C=C/CCCCCCCCC/C=C/CCCCC. The molecule has 0 fully saturated rings. The smallest absolute Gasteiger partial charge is 0.0348 e. The first-order chi connectivity index (χ1) is 11.9. The Hall–Kier alpha value is -1.04. The van der Waals surface area contributed by atoms with Crippen molar-refractivity contribution < 1.29 is 0 Å². The minimum atomic E-state index is 1.11. The molecular formula is C24H42. The van der Waals surface area contributed by atoms with Gasteiger partial charge in [0, 0.05) is 0 Å². The van der Waals surface area contributed by atoms with E-state index in [1.165, 1.54) is 83.5 Å². The number of hydrogen-bond acceptors (Lipinski definition) is 0. The zero-order valence-electron chi connectivity index (χ0n) is 16.5. The third kappa shape index (κ3) is 21.0. The highest BCUT2D eigenvalue weighted by molar-refractivity contribution is 5.10. The molecule has 0 nitrogen and oxygen atoms in total. The highest BCUT2D eigenvalue weighted by atomic mass is 14.0. The molecule has 0 aliphatic heterocycles. The molecule has 0 bridgehead atoms. The van der Waals surface area contributed by atoms with Crippen LogP contribution in [-0.2, 0) is 0 Å². The van der Waals surface area contributed by atoms with Crippen molar-refractivity contribution in [1.29, 1.82) is 0 Å². The summed E-state index contributed by atoms with van der Waals surface area (Å²) in [7, 11) is 0. The van der Waals surface area contributed by atoms with Gasteiger partial charge in [0.2, 0.25) is 0 Å². The van der Waals surface area contributed by atoms with Gasteiger partial charge in [-0.1, -0.05) is 107 Å². The van der Waals surface area contributed by atoms with E-state index in [-0.39, 0.29) is 0 Å². The average Bonchev–Trinajstić information content (AvgIpc) is 2.60. The normalized spacial score (nSPS) is 12.6. The second-order valence-corrected chi connectivity index (χ2v) is 6.67. The summed E-state index contributed by atoms with van der Waals surface area (Å²) in [5, 5.41) is 0. The lowest BCUT2D eigenvalue weighted by molar-refractivity contribution is 0.583. The molecule has 0 aromatic heterocycles. The first-order valence-corrected chi connectivity index (χ1v) is 10.5. The van der Waals surface area contributed by atoms with Gasteiger partial charge in [-0.25, -0.2) is 0 Å². The zero-order valence-corrected chi connectivity index (χ0v) is 16.5. The Morgan fingerprint density at radius 2 is 0.875 bits per heavy atom. The Morgan fingerprint density at radius 1 is 0.417 bits per heavy atom. The molecule has 0 radical (unpaired) electrons. The largest absolute Gasteiger partial charge is 0.0885 e. The van der Waals surface area contributed by atoms with Crippen molar-refractivity contribution in [1.82, 2.24) is 0 Å². The van der Waals surface area contributed by atoms with Crippen LogP contribution in [-0.4, -0.2) is 0 Å². The molecule has 0 heteroatoms. The fourth-order valence-corrected chi connectivity index (χ4v) is 2.67. The van der Waals surface area contributed by atoms with Gasteiger partial charge in [-0.3, -0.25) is 0 Å². The molecule has 0 amide bonds. The number of allylic oxidation sites excluding steroid dienone is 8. The number of unbranched alkanes of at least 4 members (excludes halogenated alkanes) is 11. The monoisotopic (exact) mass is 330 g/mol. The minimum absolute atomic E-state index is 1.11. The number of rotatable bonds is 17. The molecule has 138 valence electrons. The molecule has 0 saturated carbocycles. The van der Waals surface area contributed by atoms with Gasteiger partial charge in [-0.05, 0) is 44.9 Å². The Balaban J connectivity index is 3.18. The van der Waals surface area contributed by atoms with Gasteiger partial charge in [0.1, 0.15) is 0 Å². The summed E-state index contributed by atoms with van der Waals surface area (Å²) in [6, 6.07) is 0. The molecule has 0 unspecified atom stereocenters. The van der Waals surface area contributed by atoms with Gasteiger partial charge < -0.3 is 0 Å². The summed E-state index contributed by atoms with van der Waals surface area (Å²) >= 11 is 0. The van der Waals surface area contributed by atoms with Gasteiger partial charge in [0.05, 0.1) is 0 Å². The van der Waals surface area contributed by atoms with E-state index in [9.17, 15) is 0 Å². The fraction of sp³-hybridized carbons (Fsp3) is 0.667. The Labute approximate surface area is 152 Å². The van der Waals surface area contributed by atoms with Crippen LogP contribution in [0, 0.1) is 0 Å². The first-order valence-electron chi connectivity index (χ1n) is 10.5. The second kappa shape index (κ2) is 22.0. The molecule has 0 heterocycles. The third-order valence-electron chi connectivity index (χ3n) is 4.22. The molecule has 0 rings (SSSR count). The lowest BCUT2D eigenvalue weighted by atomic mass is 10.1. The highest BCUT2D eigenvalue weighted by Crippen LogP contribution is 2.10. The molecule has 0 aliphatic rings. The molecule has 0 N–H and O–H groups in total. The predicted octanol–water partition coefficient (Wildman–Crippen LogP) is 8.71. The van der Waals surface area contributed by atoms with Crippen LogP contribution in [0.25, 0.3) is 0 Å². The lowest BCUT2D eigenvalue weighted by Gasteiger charge is -2.00. The maximum absolute atomic E-state index is 2.40. The fourth-order valence-electron chi connectivity index (χ4n) is 2.67. The molecule has 0 aromatic carbocycles. The van der Waals surface area contributed by atoms with E-state index in [1.807, 2.05) is 0 Å². The molecule has 0 atom stereocenters. The van der Waals surface area contributed by atoms with E-state index in [4.69, 9.17) is 0 Å². The van der Waals surface area contributed by atoms with E-state index in [1.54, 1.807) is 0 Å². The molecule has 0 aromatic rings. The maximum atomic E-state index is 2.40.